The third-order valence-electron chi connectivity index (χ3n) is 4.83. The molecule has 0 aromatic rings. The maximum absolute atomic E-state index is 12.7. The standard InChI is InChI=1S/C15H29N3O/c1-12(2)18-9-5-6-14(18)15(19)17(4)13-7-10-16(3)11-8-13/h12-14H,5-11H2,1-4H3/t14-/m1/s1. The zero-order chi connectivity index (χ0) is 14.0. The van der Waals surface area contributed by atoms with Crippen LogP contribution in [0.15, 0.2) is 0 Å². The first-order valence-corrected chi connectivity index (χ1v) is 7.71. The fourth-order valence-corrected chi connectivity index (χ4v) is 3.47. The van der Waals surface area contributed by atoms with Crippen molar-refractivity contribution in [1.29, 1.82) is 0 Å². The third-order valence-corrected chi connectivity index (χ3v) is 4.83. The highest BCUT2D eigenvalue weighted by molar-refractivity contribution is 5.82. The molecule has 4 heteroatoms. The van der Waals surface area contributed by atoms with E-state index in [0.29, 0.717) is 18.0 Å². The van der Waals surface area contributed by atoms with Crippen molar-refractivity contribution >= 4 is 5.91 Å². The molecule has 0 N–H and O–H groups in total. The van der Waals surface area contributed by atoms with Crippen molar-refractivity contribution in [2.24, 2.45) is 0 Å². The summed E-state index contributed by atoms with van der Waals surface area (Å²) < 4.78 is 0. The van der Waals surface area contributed by atoms with Crippen LogP contribution in [0.1, 0.15) is 39.5 Å². The predicted molar refractivity (Wildman–Crippen MR) is 78.2 cm³/mol. The summed E-state index contributed by atoms with van der Waals surface area (Å²) in [5.41, 5.74) is 0. The molecule has 110 valence electrons. The Labute approximate surface area is 117 Å². The zero-order valence-corrected chi connectivity index (χ0v) is 12.9. The molecule has 2 fully saturated rings. The number of piperidine rings is 1. The van der Waals surface area contributed by atoms with Crippen molar-refractivity contribution in [3.8, 4) is 0 Å². The molecule has 0 unspecified atom stereocenters. The topological polar surface area (TPSA) is 26.8 Å². The Kier molecular flexibility index (Phi) is 4.85. The molecule has 0 bridgehead atoms. The number of likely N-dealkylation sites (N-methyl/N-ethyl adjacent to an activating group) is 1. The van der Waals surface area contributed by atoms with Gasteiger partial charge in [0.25, 0.3) is 0 Å². The summed E-state index contributed by atoms with van der Waals surface area (Å²) in [6, 6.07) is 1.05. The van der Waals surface area contributed by atoms with Crippen LogP contribution in [0.2, 0.25) is 0 Å². The van der Waals surface area contributed by atoms with E-state index < -0.39 is 0 Å². The summed E-state index contributed by atoms with van der Waals surface area (Å²) >= 11 is 0. The van der Waals surface area contributed by atoms with Gasteiger partial charge in [0.2, 0.25) is 5.91 Å². The van der Waals surface area contributed by atoms with Crippen LogP contribution in [-0.4, -0.2) is 72.5 Å². The fraction of sp³-hybridized carbons (Fsp3) is 0.933. The van der Waals surface area contributed by atoms with Gasteiger partial charge in [0, 0.05) is 19.1 Å². The largest absolute Gasteiger partial charge is 0.341 e. The summed E-state index contributed by atoms with van der Waals surface area (Å²) in [6.45, 7) is 7.69. The van der Waals surface area contributed by atoms with Gasteiger partial charge in [0.1, 0.15) is 0 Å². The van der Waals surface area contributed by atoms with Crippen LogP contribution in [0, 0.1) is 0 Å². The molecule has 2 rings (SSSR count). The van der Waals surface area contributed by atoms with Crippen LogP contribution in [-0.2, 0) is 4.79 Å². The maximum Gasteiger partial charge on any atom is 0.239 e. The van der Waals surface area contributed by atoms with Crippen molar-refractivity contribution in [1.82, 2.24) is 14.7 Å². The molecule has 2 aliphatic rings. The number of likely N-dealkylation sites (tertiary alicyclic amines) is 2. The number of carbonyl (C=O) groups is 1. The third kappa shape index (κ3) is 3.29. The van der Waals surface area contributed by atoms with Crippen LogP contribution in [0.25, 0.3) is 0 Å². The van der Waals surface area contributed by atoms with Crippen LogP contribution in [0.5, 0.6) is 0 Å². The number of amides is 1. The molecule has 0 aromatic heterocycles. The van der Waals surface area contributed by atoms with Gasteiger partial charge in [-0.15, -0.1) is 0 Å². The number of hydrogen-bond acceptors (Lipinski definition) is 3. The predicted octanol–water partition coefficient (Wildman–Crippen LogP) is 1.41. The Morgan fingerprint density at radius 3 is 2.37 bits per heavy atom. The van der Waals surface area contributed by atoms with E-state index in [-0.39, 0.29) is 6.04 Å². The van der Waals surface area contributed by atoms with Crippen molar-refractivity contribution in [2.75, 3.05) is 33.7 Å². The molecule has 1 atom stereocenters. The molecular weight excluding hydrogens is 238 g/mol. The second-order valence-electron chi connectivity index (χ2n) is 6.47. The Hall–Kier alpha value is -0.610. The molecule has 0 aromatic carbocycles. The average molecular weight is 267 g/mol. The molecule has 0 saturated carbocycles. The molecule has 0 spiro atoms. The molecular formula is C15H29N3O. The van der Waals surface area contributed by atoms with Crippen molar-refractivity contribution in [3.63, 3.8) is 0 Å². The van der Waals surface area contributed by atoms with E-state index in [9.17, 15) is 4.79 Å². The summed E-state index contributed by atoms with van der Waals surface area (Å²) in [4.78, 5) is 19.5. The lowest BCUT2D eigenvalue weighted by molar-refractivity contribution is -0.138. The lowest BCUT2D eigenvalue weighted by atomic mass is 10.0. The normalized spacial score (nSPS) is 27.1. The highest BCUT2D eigenvalue weighted by Crippen LogP contribution is 2.24. The first kappa shape index (κ1) is 14.8. The van der Waals surface area contributed by atoms with Gasteiger partial charge in [0.05, 0.1) is 6.04 Å². The minimum atomic E-state index is 0.129. The van der Waals surface area contributed by atoms with Gasteiger partial charge in [-0.25, -0.2) is 0 Å². The Morgan fingerprint density at radius 1 is 1.16 bits per heavy atom. The maximum atomic E-state index is 12.7. The number of nitrogens with zero attached hydrogens (tertiary/aromatic N) is 3. The first-order chi connectivity index (χ1) is 9.00. The molecule has 4 nitrogen and oxygen atoms in total. The van der Waals surface area contributed by atoms with E-state index in [1.807, 2.05) is 11.9 Å². The minimum absolute atomic E-state index is 0.129. The zero-order valence-electron chi connectivity index (χ0n) is 12.9. The first-order valence-electron chi connectivity index (χ1n) is 7.71. The van der Waals surface area contributed by atoms with E-state index in [1.54, 1.807) is 0 Å². The smallest absolute Gasteiger partial charge is 0.239 e. The monoisotopic (exact) mass is 267 g/mol. The number of hydrogen-bond donors (Lipinski definition) is 0. The summed E-state index contributed by atoms with van der Waals surface area (Å²) in [6.07, 6.45) is 4.43. The van der Waals surface area contributed by atoms with E-state index in [0.717, 1.165) is 45.3 Å². The van der Waals surface area contributed by atoms with Crippen LogP contribution in [0.4, 0.5) is 0 Å². The van der Waals surface area contributed by atoms with Gasteiger partial charge < -0.3 is 9.80 Å². The van der Waals surface area contributed by atoms with Gasteiger partial charge in [-0.3, -0.25) is 9.69 Å². The summed E-state index contributed by atoms with van der Waals surface area (Å²) in [5.74, 6) is 0.348. The molecule has 1 amide bonds. The molecule has 2 heterocycles. The highest BCUT2D eigenvalue weighted by Gasteiger charge is 2.36. The summed E-state index contributed by atoms with van der Waals surface area (Å²) in [5, 5.41) is 0. The van der Waals surface area contributed by atoms with Crippen molar-refractivity contribution in [3.05, 3.63) is 0 Å². The minimum Gasteiger partial charge on any atom is -0.341 e. The van der Waals surface area contributed by atoms with Gasteiger partial charge in [-0.2, -0.15) is 0 Å². The molecule has 2 saturated heterocycles. The van der Waals surface area contributed by atoms with Crippen LogP contribution in [0.3, 0.4) is 0 Å². The van der Waals surface area contributed by atoms with E-state index in [2.05, 4.69) is 30.7 Å². The van der Waals surface area contributed by atoms with Gasteiger partial charge in [-0.05, 0) is 66.2 Å². The second kappa shape index (κ2) is 6.23. The van der Waals surface area contributed by atoms with Gasteiger partial charge in [0.15, 0.2) is 0 Å². The Morgan fingerprint density at radius 2 is 1.79 bits per heavy atom. The van der Waals surface area contributed by atoms with Crippen molar-refractivity contribution < 1.29 is 4.79 Å². The van der Waals surface area contributed by atoms with E-state index in [4.69, 9.17) is 0 Å². The van der Waals surface area contributed by atoms with E-state index in [1.165, 1.54) is 0 Å². The second-order valence-corrected chi connectivity index (χ2v) is 6.47. The number of carbonyl (C=O) groups excluding carboxylic acids is 1. The molecule has 2 aliphatic heterocycles. The highest BCUT2D eigenvalue weighted by atomic mass is 16.2. The van der Waals surface area contributed by atoms with Gasteiger partial charge >= 0.3 is 0 Å². The lowest BCUT2D eigenvalue weighted by Crippen LogP contribution is -2.51. The average Bonchev–Trinajstić information content (AvgIpc) is 2.87. The van der Waals surface area contributed by atoms with Crippen LogP contribution >= 0.6 is 0 Å². The van der Waals surface area contributed by atoms with Crippen molar-refractivity contribution in [2.45, 2.75) is 57.7 Å². The quantitative estimate of drug-likeness (QED) is 0.773. The Bertz CT molecular complexity index is 311. The molecule has 19 heavy (non-hydrogen) atoms. The molecule has 0 radical (unpaired) electrons. The summed E-state index contributed by atoms with van der Waals surface area (Å²) in [7, 11) is 4.17. The lowest BCUT2D eigenvalue weighted by Gasteiger charge is -2.38. The Balaban J connectivity index is 1.95. The SMILES string of the molecule is CC(C)N1CCC[C@@H]1C(=O)N(C)C1CCN(C)CC1. The fourth-order valence-electron chi connectivity index (χ4n) is 3.47. The number of rotatable bonds is 3. The molecule has 0 aliphatic carbocycles. The van der Waals surface area contributed by atoms with Gasteiger partial charge in [-0.1, -0.05) is 0 Å². The van der Waals surface area contributed by atoms with E-state index >= 15 is 0 Å². The van der Waals surface area contributed by atoms with Crippen LogP contribution < -0.4 is 0 Å².